The minimum atomic E-state index is -1.31. The van der Waals surface area contributed by atoms with E-state index >= 15 is 0 Å². The molecule has 1 N–H and O–H groups in total. The van der Waals surface area contributed by atoms with E-state index in [1.54, 1.807) is 42.5 Å². The number of aromatic carboxylic acids is 1. The molecule has 0 aliphatic rings. The maximum Gasteiger partial charge on any atom is 0.259 e. The molecule has 20 heavy (non-hydrogen) atoms. The molecule has 0 bridgehead atoms. The predicted molar refractivity (Wildman–Crippen MR) is 72.1 cm³/mol. The number of rotatable bonds is 2. The van der Waals surface area contributed by atoms with Gasteiger partial charge in [0.1, 0.15) is 5.82 Å². The van der Waals surface area contributed by atoms with E-state index < -0.39 is 5.97 Å². The van der Waals surface area contributed by atoms with Crippen molar-refractivity contribution in [3.05, 3.63) is 64.4 Å². The third kappa shape index (κ3) is 1.95. The fourth-order valence-corrected chi connectivity index (χ4v) is 2.08. The van der Waals surface area contributed by atoms with Gasteiger partial charge in [0.2, 0.25) is 0 Å². The smallest absolute Gasteiger partial charge is 0.259 e. The third-order valence-electron chi connectivity index (χ3n) is 3.01. The van der Waals surface area contributed by atoms with Crippen molar-refractivity contribution in [3.63, 3.8) is 0 Å². The highest BCUT2D eigenvalue weighted by Crippen LogP contribution is 2.20. The first kappa shape index (κ1) is 12.1. The number of hydrogen-bond donors (Lipinski definition) is 1. The van der Waals surface area contributed by atoms with Gasteiger partial charge in [-0.25, -0.2) is 4.98 Å². The zero-order valence-corrected chi connectivity index (χ0v) is 10.3. The molecule has 0 atom stereocenters. The van der Waals surface area contributed by atoms with Gasteiger partial charge < -0.3 is 14.9 Å². The van der Waals surface area contributed by atoms with Gasteiger partial charge in [0.15, 0.2) is 0 Å². The molecule has 0 radical (unpaired) electrons. The zero-order chi connectivity index (χ0) is 14.1. The molecule has 1 heterocycles. The van der Waals surface area contributed by atoms with Crippen LogP contribution in [-0.2, 0) is 0 Å². The highest BCUT2D eigenvalue weighted by atomic mass is 16.4. The molecule has 0 aliphatic heterocycles. The first-order chi connectivity index (χ1) is 9.66. The Kier molecular flexibility index (Phi) is 2.80. The molecule has 0 unspecified atom stereocenters. The molecular weight excluding hydrogens is 256 g/mol. The van der Waals surface area contributed by atoms with Crippen LogP contribution in [-0.4, -0.2) is 15.9 Å². The lowest BCUT2D eigenvalue weighted by Crippen LogP contribution is -2.23. The summed E-state index contributed by atoms with van der Waals surface area (Å²) < 4.78 is 0. The number of aromatic amines is 1. The van der Waals surface area contributed by atoms with E-state index in [1.807, 2.05) is 0 Å². The zero-order valence-electron chi connectivity index (χ0n) is 10.3. The predicted octanol–water partition coefficient (Wildman–Crippen LogP) is 0.954. The highest BCUT2D eigenvalue weighted by molar-refractivity contribution is 5.94. The topological polar surface area (TPSA) is 85.9 Å². The first-order valence-electron chi connectivity index (χ1n) is 5.96. The van der Waals surface area contributed by atoms with Crippen LogP contribution in [0.1, 0.15) is 10.4 Å². The second kappa shape index (κ2) is 4.62. The van der Waals surface area contributed by atoms with Gasteiger partial charge in [-0.3, -0.25) is 4.79 Å². The lowest BCUT2D eigenvalue weighted by molar-refractivity contribution is -0.254. The van der Waals surface area contributed by atoms with Crippen LogP contribution in [0.4, 0.5) is 0 Å². The van der Waals surface area contributed by atoms with E-state index in [9.17, 15) is 14.7 Å². The van der Waals surface area contributed by atoms with Gasteiger partial charge in [-0.15, -0.1) is 0 Å². The largest absolute Gasteiger partial charge is 0.545 e. The summed E-state index contributed by atoms with van der Waals surface area (Å²) >= 11 is 0. The van der Waals surface area contributed by atoms with Crippen LogP contribution in [0.5, 0.6) is 0 Å². The van der Waals surface area contributed by atoms with Gasteiger partial charge in [0.25, 0.3) is 5.56 Å². The number of carboxylic acids is 1. The molecule has 0 aliphatic carbocycles. The van der Waals surface area contributed by atoms with E-state index in [2.05, 4.69) is 9.97 Å². The number of para-hydroxylation sites is 1. The van der Waals surface area contributed by atoms with Crippen molar-refractivity contribution >= 4 is 16.9 Å². The first-order valence-corrected chi connectivity index (χ1v) is 5.96. The van der Waals surface area contributed by atoms with Gasteiger partial charge in [-0.05, 0) is 12.1 Å². The van der Waals surface area contributed by atoms with E-state index in [-0.39, 0.29) is 16.9 Å². The summed E-state index contributed by atoms with van der Waals surface area (Å²) in [6.07, 6.45) is 0. The van der Waals surface area contributed by atoms with Gasteiger partial charge in [0, 0.05) is 11.1 Å². The molecule has 0 saturated carbocycles. The minimum absolute atomic E-state index is 0.00840. The molecule has 3 aromatic rings. The molecule has 2 aromatic carbocycles. The van der Waals surface area contributed by atoms with Crippen LogP contribution in [0.3, 0.4) is 0 Å². The lowest BCUT2D eigenvalue weighted by atomic mass is 10.1. The molecule has 3 rings (SSSR count). The van der Waals surface area contributed by atoms with Crippen LogP contribution >= 0.6 is 0 Å². The van der Waals surface area contributed by atoms with Crippen molar-refractivity contribution < 1.29 is 9.90 Å². The number of benzene rings is 2. The minimum Gasteiger partial charge on any atom is -0.545 e. The van der Waals surface area contributed by atoms with Gasteiger partial charge in [-0.1, -0.05) is 36.4 Å². The number of nitrogens with one attached hydrogen (secondary N) is 1. The monoisotopic (exact) mass is 265 g/mol. The third-order valence-corrected chi connectivity index (χ3v) is 3.01. The van der Waals surface area contributed by atoms with Crippen LogP contribution in [0, 0.1) is 0 Å². The Morgan fingerprint density at radius 1 is 1.05 bits per heavy atom. The Morgan fingerprint density at radius 3 is 2.55 bits per heavy atom. The molecule has 5 heteroatoms. The number of carbonyl (C=O) groups excluding carboxylic acids is 1. The average molecular weight is 265 g/mol. The fraction of sp³-hybridized carbons (Fsp3) is 0. The second-order valence-electron chi connectivity index (χ2n) is 4.26. The molecular formula is C15H9N2O3-. The number of carboxylic acid groups (broad SMARTS) is 1. The van der Waals surface area contributed by atoms with Crippen molar-refractivity contribution in [2.75, 3.05) is 0 Å². The number of fused-ring (bicyclic) bond motifs is 1. The average Bonchev–Trinajstić information content (AvgIpc) is 2.47. The molecule has 0 saturated heterocycles. The Hall–Kier alpha value is -2.95. The standard InChI is InChI=1S/C15H10N2O3/c18-14-11-7-3-4-8-12(11)16-13(17-14)9-5-1-2-6-10(9)15(19)20/h1-8H,(H,19,20)(H,16,17,18)/p-1. The van der Waals surface area contributed by atoms with Crippen molar-refractivity contribution in [1.82, 2.24) is 9.97 Å². The quantitative estimate of drug-likeness (QED) is 0.747. The number of aromatic nitrogens is 2. The summed E-state index contributed by atoms with van der Waals surface area (Å²) in [6.45, 7) is 0. The van der Waals surface area contributed by atoms with E-state index in [4.69, 9.17) is 0 Å². The summed E-state index contributed by atoms with van der Waals surface area (Å²) in [5.41, 5.74) is 0.527. The van der Waals surface area contributed by atoms with Crippen molar-refractivity contribution in [2.24, 2.45) is 0 Å². The molecule has 0 amide bonds. The Bertz CT molecular complexity index is 868. The SMILES string of the molecule is O=C([O-])c1ccccc1-c1nc2ccccc2c(=O)[nH]1. The summed E-state index contributed by atoms with van der Waals surface area (Å²) in [6, 6.07) is 13.1. The van der Waals surface area contributed by atoms with Crippen molar-refractivity contribution in [3.8, 4) is 11.4 Å². The Morgan fingerprint density at radius 2 is 1.75 bits per heavy atom. The van der Waals surface area contributed by atoms with E-state index in [0.717, 1.165) is 0 Å². The number of carbonyl (C=O) groups is 1. The number of nitrogens with zero attached hydrogens (tertiary/aromatic N) is 1. The maximum atomic E-state index is 12.0. The summed E-state index contributed by atoms with van der Waals surface area (Å²) in [4.78, 5) is 30.0. The summed E-state index contributed by atoms with van der Waals surface area (Å²) in [5.74, 6) is -1.09. The molecule has 0 spiro atoms. The molecule has 5 nitrogen and oxygen atoms in total. The summed E-state index contributed by atoms with van der Waals surface area (Å²) in [7, 11) is 0. The highest BCUT2D eigenvalue weighted by Gasteiger charge is 2.09. The Labute approximate surface area is 113 Å². The van der Waals surface area contributed by atoms with Crippen molar-refractivity contribution in [2.45, 2.75) is 0 Å². The van der Waals surface area contributed by atoms with E-state index in [1.165, 1.54) is 6.07 Å². The van der Waals surface area contributed by atoms with Gasteiger partial charge in [-0.2, -0.15) is 0 Å². The van der Waals surface area contributed by atoms with Crippen LogP contribution in [0.25, 0.3) is 22.3 Å². The lowest BCUT2D eigenvalue weighted by Gasteiger charge is -2.09. The Balaban J connectivity index is 2.31. The fourth-order valence-electron chi connectivity index (χ4n) is 2.08. The van der Waals surface area contributed by atoms with Crippen LogP contribution in [0.15, 0.2) is 53.3 Å². The van der Waals surface area contributed by atoms with Gasteiger partial charge in [0.05, 0.1) is 16.9 Å². The van der Waals surface area contributed by atoms with Crippen LogP contribution in [0.2, 0.25) is 0 Å². The molecule has 98 valence electrons. The number of hydrogen-bond acceptors (Lipinski definition) is 4. The van der Waals surface area contributed by atoms with Crippen molar-refractivity contribution in [1.29, 1.82) is 0 Å². The second-order valence-corrected chi connectivity index (χ2v) is 4.26. The van der Waals surface area contributed by atoms with E-state index in [0.29, 0.717) is 16.5 Å². The van der Waals surface area contributed by atoms with Gasteiger partial charge >= 0.3 is 0 Å². The summed E-state index contributed by atoms with van der Waals surface area (Å²) in [5, 5.41) is 11.6. The number of H-pyrrole nitrogens is 1. The van der Waals surface area contributed by atoms with Crippen LogP contribution < -0.4 is 10.7 Å². The normalized spacial score (nSPS) is 10.6. The maximum absolute atomic E-state index is 12.0. The molecule has 0 fully saturated rings. The molecule has 1 aromatic heterocycles.